The van der Waals surface area contributed by atoms with Gasteiger partial charge < -0.3 is 35.0 Å². The summed E-state index contributed by atoms with van der Waals surface area (Å²) in [6.45, 7) is -0.666. The Labute approximate surface area is 141 Å². The van der Waals surface area contributed by atoms with Gasteiger partial charge in [0.05, 0.1) is 12.2 Å². The van der Waals surface area contributed by atoms with Gasteiger partial charge in [-0.25, -0.2) is 0 Å². The summed E-state index contributed by atoms with van der Waals surface area (Å²) >= 11 is 0. The molecule has 0 aromatic heterocycles. The van der Waals surface area contributed by atoms with Crippen molar-refractivity contribution in [2.45, 2.75) is 30.7 Å². The van der Waals surface area contributed by atoms with E-state index in [9.17, 15) is 30.0 Å². The fourth-order valence-electron chi connectivity index (χ4n) is 2.75. The van der Waals surface area contributed by atoms with Crippen molar-refractivity contribution >= 4 is 11.6 Å². The minimum absolute atomic E-state index is 0.00570. The summed E-state index contributed by atoms with van der Waals surface area (Å²) in [6.07, 6.45) is -6.95. The molecule has 1 aromatic rings. The van der Waals surface area contributed by atoms with E-state index in [-0.39, 0.29) is 11.1 Å². The maximum absolute atomic E-state index is 12.5. The molecule has 1 aliphatic heterocycles. The van der Waals surface area contributed by atoms with Gasteiger partial charge in [0.15, 0.2) is 11.5 Å². The average molecular weight is 352 g/mol. The molecule has 1 heterocycles. The Morgan fingerprint density at radius 3 is 2.48 bits per heavy atom. The Morgan fingerprint density at radius 1 is 1.08 bits per heavy atom. The highest BCUT2D eigenvalue weighted by atomic mass is 16.7. The van der Waals surface area contributed by atoms with Gasteiger partial charge in [-0.05, 0) is 6.07 Å². The van der Waals surface area contributed by atoms with Crippen LogP contribution >= 0.6 is 0 Å². The molecule has 2 aliphatic rings. The maximum atomic E-state index is 12.5. The molecule has 5 N–H and O–H groups in total. The van der Waals surface area contributed by atoms with E-state index < -0.39 is 60.4 Å². The molecular weight excluding hydrogens is 336 g/mol. The van der Waals surface area contributed by atoms with Crippen LogP contribution in [0.4, 0.5) is 0 Å². The minimum atomic E-state index is -1.73. The molecule has 1 aromatic carbocycles. The molecule has 1 aliphatic carbocycles. The van der Waals surface area contributed by atoms with Crippen LogP contribution in [0, 0.1) is 0 Å². The first kappa shape index (κ1) is 17.5. The summed E-state index contributed by atoms with van der Waals surface area (Å²) < 4.78 is 10.4. The lowest BCUT2D eigenvalue weighted by atomic mass is 9.92. The van der Waals surface area contributed by atoms with Crippen molar-refractivity contribution < 1.29 is 44.6 Å². The molecule has 1 fully saturated rings. The van der Waals surface area contributed by atoms with Crippen molar-refractivity contribution in [3.8, 4) is 5.75 Å². The number of rotatable bonds is 3. The third kappa shape index (κ3) is 2.92. The Bertz CT molecular complexity index is 739. The largest absolute Gasteiger partial charge is 0.507 e. The number of ether oxygens (including phenoxy) is 2. The number of ketones is 2. The number of hydrogen-bond donors (Lipinski definition) is 5. The summed E-state index contributed by atoms with van der Waals surface area (Å²) in [7, 11) is 0. The summed E-state index contributed by atoms with van der Waals surface area (Å²) in [5, 5.41) is 48.4. The third-order valence-electron chi connectivity index (χ3n) is 4.11. The fraction of sp³-hybridized carbons (Fsp3) is 0.375. The second kappa shape index (κ2) is 6.54. The van der Waals surface area contributed by atoms with Crippen molar-refractivity contribution in [2.24, 2.45) is 0 Å². The van der Waals surface area contributed by atoms with Gasteiger partial charge in [0.1, 0.15) is 30.2 Å². The summed E-state index contributed by atoms with van der Waals surface area (Å²) in [5.74, 6) is -2.29. The van der Waals surface area contributed by atoms with Gasteiger partial charge in [0.25, 0.3) is 0 Å². The van der Waals surface area contributed by atoms with Crippen LogP contribution in [0.2, 0.25) is 0 Å². The number of aliphatic hydroxyl groups is 4. The molecule has 0 unspecified atom stereocenters. The van der Waals surface area contributed by atoms with E-state index in [1.54, 1.807) is 0 Å². The number of benzene rings is 1. The molecule has 0 saturated carbocycles. The number of carbonyl (C=O) groups excluding carboxylic acids is 2. The van der Waals surface area contributed by atoms with Crippen LogP contribution in [0.3, 0.4) is 0 Å². The van der Waals surface area contributed by atoms with Crippen LogP contribution in [0.5, 0.6) is 5.75 Å². The van der Waals surface area contributed by atoms with E-state index in [0.717, 1.165) is 6.08 Å². The monoisotopic (exact) mass is 352 g/mol. The first-order valence-corrected chi connectivity index (χ1v) is 7.45. The van der Waals surface area contributed by atoms with E-state index in [0.29, 0.717) is 0 Å². The fourth-order valence-corrected chi connectivity index (χ4v) is 2.75. The van der Waals surface area contributed by atoms with Gasteiger partial charge in [0.2, 0.25) is 12.1 Å². The summed E-state index contributed by atoms with van der Waals surface area (Å²) in [5.41, 5.74) is -0.235. The van der Waals surface area contributed by atoms with Crippen molar-refractivity contribution in [3.05, 3.63) is 41.2 Å². The van der Waals surface area contributed by atoms with Gasteiger partial charge in [0, 0.05) is 11.6 Å². The van der Waals surface area contributed by atoms with Gasteiger partial charge in [-0.2, -0.15) is 0 Å². The minimum Gasteiger partial charge on any atom is -0.507 e. The van der Waals surface area contributed by atoms with Crippen molar-refractivity contribution in [2.75, 3.05) is 6.61 Å². The Kier molecular flexibility index (Phi) is 4.58. The van der Waals surface area contributed by atoms with Gasteiger partial charge >= 0.3 is 0 Å². The lowest BCUT2D eigenvalue weighted by molar-refractivity contribution is -0.290. The number of aromatic hydroxyl groups is 1. The highest BCUT2D eigenvalue weighted by molar-refractivity contribution is 6.24. The molecule has 0 radical (unpaired) electrons. The zero-order valence-corrected chi connectivity index (χ0v) is 12.8. The Morgan fingerprint density at radius 2 is 1.80 bits per heavy atom. The van der Waals surface area contributed by atoms with Crippen LogP contribution in [-0.4, -0.2) is 74.4 Å². The van der Waals surface area contributed by atoms with Crippen LogP contribution in [-0.2, 0) is 9.47 Å². The first-order chi connectivity index (χ1) is 11.8. The topological polar surface area (TPSA) is 154 Å². The van der Waals surface area contributed by atoms with Crippen LogP contribution in [0.15, 0.2) is 30.0 Å². The molecule has 9 nitrogen and oxygen atoms in total. The molecule has 5 atom stereocenters. The molecule has 3 rings (SSSR count). The molecule has 25 heavy (non-hydrogen) atoms. The molecular formula is C16H16O9. The molecule has 134 valence electrons. The second-order valence-corrected chi connectivity index (χ2v) is 5.72. The van der Waals surface area contributed by atoms with Crippen molar-refractivity contribution in [3.63, 3.8) is 0 Å². The lowest BCUT2D eigenvalue weighted by Crippen LogP contribution is -2.59. The van der Waals surface area contributed by atoms with E-state index >= 15 is 0 Å². The van der Waals surface area contributed by atoms with Crippen molar-refractivity contribution in [1.82, 2.24) is 0 Å². The number of Topliss-reactive ketones (excluding diaryl/α,β-unsaturated/α-hetero) is 1. The molecule has 0 spiro atoms. The van der Waals surface area contributed by atoms with E-state index in [4.69, 9.17) is 14.6 Å². The Balaban J connectivity index is 1.87. The smallest absolute Gasteiger partial charge is 0.232 e. The van der Waals surface area contributed by atoms with Crippen LogP contribution in [0.25, 0.3) is 0 Å². The average Bonchev–Trinajstić information content (AvgIpc) is 2.59. The zero-order valence-electron chi connectivity index (χ0n) is 12.8. The number of carbonyl (C=O) groups is 2. The normalized spacial score (nSPS) is 32.2. The van der Waals surface area contributed by atoms with Gasteiger partial charge in [-0.15, -0.1) is 0 Å². The van der Waals surface area contributed by atoms with E-state index in [2.05, 4.69) is 0 Å². The highest BCUT2D eigenvalue weighted by Crippen LogP contribution is 2.31. The number of phenolic OH excluding ortho intramolecular Hbond substituents is 1. The van der Waals surface area contributed by atoms with E-state index in [1.165, 1.54) is 18.2 Å². The number of allylic oxidation sites excluding steroid dienone is 2. The lowest BCUT2D eigenvalue weighted by Gasteiger charge is -2.39. The SMILES string of the molecule is O=C1C=C(O[C@H]2O[C@H](CO)[C@H](O)[C@H](O)[C@H]2O)C(=O)c2c(O)cccc21. The predicted octanol–water partition coefficient (Wildman–Crippen LogP) is -1.53. The molecule has 0 amide bonds. The molecule has 1 saturated heterocycles. The number of aliphatic hydroxyl groups excluding tert-OH is 4. The van der Waals surface area contributed by atoms with Crippen molar-refractivity contribution in [1.29, 1.82) is 0 Å². The maximum Gasteiger partial charge on any atom is 0.232 e. The van der Waals surface area contributed by atoms with Crippen LogP contribution < -0.4 is 0 Å². The van der Waals surface area contributed by atoms with Gasteiger partial charge in [-0.3, -0.25) is 9.59 Å². The van der Waals surface area contributed by atoms with E-state index in [1.807, 2.05) is 0 Å². The second-order valence-electron chi connectivity index (χ2n) is 5.72. The summed E-state index contributed by atoms with van der Waals surface area (Å²) in [4.78, 5) is 24.6. The predicted molar refractivity (Wildman–Crippen MR) is 79.7 cm³/mol. The van der Waals surface area contributed by atoms with Gasteiger partial charge in [-0.1, -0.05) is 12.1 Å². The van der Waals surface area contributed by atoms with Crippen LogP contribution in [0.1, 0.15) is 20.7 Å². The number of phenols is 1. The summed E-state index contributed by atoms with van der Waals surface area (Å²) in [6, 6.07) is 4.02. The highest BCUT2D eigenvalue weighted by Gasteiger charge is 2.45. The number of hydrogen-bond acceptors (Lipinski definition) is 9. The molecule has 9 heteroatoms. The standard InChI is InChI=1S/C16H16O9/c17-5-10-13(21)14(22)15(23)16(25-10)24-9-4-8(19)6-2-1-3-7(18)11(6)12(9)20/h1-4,10,13-18,21-23H,5H2/t10-,13+,14+,15-,16+/m1/s1. The number of fused-ring (bicyclic) bond motifs is 1. The first-order valence-electron chi connectivity index (χ1n) is 7.45. The third-order valence-corrected chi connectivity index (χ3v) is 4.11. The zero-order chi connectivity index (χ0) is 18.3. The Hall–Kier alpha value is -2.30. The quantitative estimate of drug-likeness (QED) is 0.436. The molecule has 0 bridgehead atoms.